The molecule has 0 aliphatic carbocycles. The predicted molar refractivity (Wildman–Crippen MR) is 76.7 cm³/mol. The number of pyridine rings is 1. The number of hydrogen-bond acceptors (Lipinski definition) is 4. The van der Waals surface area contributed by atoms with Crippen LogP contribution in [0.2, 0.25) is 0 Å². The smallest absolute Gasteiger partial charge is 0.149 e. The maximum atomic E-state index is 5.80. The van der Waals surface area contributed by atoms with Crippen molar-refractivity contribution in [3.8, 4) is 11.3 Å². The minimum Gasteiger partial charge on any atom is -0.382 e. The topological polar surface area (TPSA) is 64.7 Å². The predicted octanol–water partition coefficient (Wildman–Crippen LogP) is 2.89. The summed E-state index contributed by atoms with van der Waals surface area (Å²) in [5.74, 6) is 0.489. The summed E-state index contributed by atoms with van der Waals surface area (Å²) in [6.45, 7) is 3.99. The van der Waals surface area contributed by atoms with Crippen LogP contribution in [0, 0.1) is 13.8 Å². The third-order valence-corrected chi connectivity index (χ3v) is 3.50. The van der Waals surface area contributed by atoms with Gasteiger partial charge in [-0.1, -0.05) is 18.2 Å². The lowest BCUT2D eigenvalue weighted by molar-refractivity contribution is 1.02. The van der Waals surface area contributed by atoms with E-state index in [0.29, 0.717) is 5.82 Å². The molecule has 3 aromatic rings. The molecule has 0 fully saturated rings. The number of benzene rings is 1. The van der Waals surface area contributed by atoms with Crippen molar-refractivity contribution in [2.24, 2.45) is 0 Å². The van der Waals surface area contributed by atoms with Crippen molar-refractivity contribution in [3.05, 3.63) is 47.8 Å². The zero-order chi connectivity index (χ0) is 13.4. The molecule has 0 spiro atoms. The van der Waals surface area contributed by atoms with Crippen LogP contribution in [0.15, 0.2) is 36.7 Å². The summed E-state index contributed by atoms with van der Waals surface area (Å²) in [5.41, 5.74) is 9.79. The van der Waals surface area contributed by atoms with E-state index in [1.54, 1.807) is 6.20 Å². The second kappa shape index (κ2) is 4.31. The van der Waals surface area contributed by atoms with Gasteiger partial charge in [-0.15, -0.1) is 10.2 Å². The molecule has 2 heterocycles. The first-order valence-corrected chi connectivity index (χ1v) is 6.11. The lowest BCUT2D eigenvalue weighted by Crippen LogP contribution is -2.02. The quantitative estimate of drug-likeness (QED) is 0.721. The van der Waals surface area contributed by atoms with Crippen molar-refractivity contribution in [1.29, 1.82) is 0 Å². The summed E-state index contributed by atoms with van der Waals surface area (Å²) in [7, 11) is 0. The number of anilines is 1. The lowest BCUT2D eigenvalue weighted by atomic mass is 9.99. The van der Waals surface area contributed by atoms with Gasteiger partial charge in [0.15, 0.2) is 0 Å². The number of nitrogen functional groups attached to an aromatic ring is 1. The maximum Gasteiger partial charge on any atom is 0.149 e. The number of aromatic nitrogens is 3. The number of nitrogens with zero attached hydrogens (tertiary/aromatic N) is 3. The first kappa shape index (κ1) is 11.6. The second-order valence-corrected chi connectivity index (χ2v) is 4.59. The largest absolute Gasteiger partial charge is 0.382 e. The molecule has 0 atom stereocenters. The van der Waals surface area contributed by atoms with Gasteiger partial charge in [0, 0.05) is 23.3 Å². The summed E-state index contributed by atoms with van der Waals surface area (Å²) in [4.78, 5) is 4.15. The van der Waals surface area contributed by atoms with Gasteiger partial charge >= 0.3 is 0 Å². The third kappa shape index (κ3) is 1.81. The van der Waals surface area contributed by atoms with Crippen molar-refractivity contribution < 1.29 is 0 Å². The van der Waals surface area contributed by atoms with E-state index in [0.717, 1.165) is 33.2 Å². The molecule has 1 aromatic carbocycles. The number of fused-ring (bicyclic) bond motifs is 1. The zero-order valence-electron chi connectivity index (χ0n) is 10.9. The van der Waals surface area contributed by atoms with E-state index >= 15 is 0 Å². The minimum atomic E-state index is 0.489. The maximum absolute atomic E-state index is 5.80. The van der Waals surface area contributed by atoms with E-state index in [-0.39, 0.29) is 0 Å². The van der Waals surface area contributed by atoms with Crippen molar-refractivity contribution in [1.82, 2.24) is 15.2 Å². The van der Waals surface area contributed by atoms with Gasteiger partial charge in [-0.3, -0.25) is 4.98 Å². The van der Waals surface area contributed by atoms with Crippen molar-refractivity contribution in [2.45, 2.75) is 13.8 Å². The second-order valence-electron chi connectivity index (χ2n) is 4.59. The first-order chi connectivity index (χ1) is 9.18. The number of rotatable bonds is 1. The van der Waals surface area contributed by atoms with Gasteiger partial charge in [-0.25, -0.2) is 0 Å². The molecule has 0 aliphatic rings. The molecule has 0 saturated heterocycles. The molecular weight excluding hydrogens is 236 g/mol. The Balaban J connectivity index is 2.34. The highest BCUT2D eigenvalue weighted by Crippen LogP contribution is 2.30. The molecule has 3 rings (SSSR count). The van der Waals surface area contributed by atoms with Crippen LogP contribution in [-0.2, 0) is 0 Å². The molecule has 0 saturated carbocycles. The number of hydrogen-bond donors (Lipinski definition) is 1. The molecule has 0 amide bonds. The minimum absolute atomic E-state index is 0.489. The van der Waals surface area contributed by atoms with Crippen LogP contribution in [0.1, 0.15) is 11.1 Å². The highest BCUT2D eigenvalue weighted by molar-refractivity contribution is 5.96. The Hall–Kier alpha value is -2.49. The van der Waals surface area contributed by atoms with E-state index in [9.17, 15) is 0 Å². The Morgan fingerprint density at radius 2 is 1.84 bits per heavy atom. The van der Waals surface area contributed by atoms with Gasteiger partial charge in [0.2, 0.25) is 0 Å². The van der Waals surface area contributed by atoms with Crippen LogP contribution in [0.3, 0.4) is 0 Å². The van der Waals surface area contributed by atoms with Crippen LogP contribution in [0.5, 0.6) is 0 Å². The van der Waals surface area contributed by atoms with Crippen LogP contribution >= 0.6 is 0 Å². The Bertz CT molecular complexity index is 760. The van der Waals surface area contributed by atoms with Crippen LogP contribution in [0.4, 0.5) is 5.82 Å². The van der Waals surface area contributed by atoms with E-state index < -0.39 is 0 Å². The molecule has 0 unspecified atom stereocenters. The van der Waals surface area contributed by atoms with Gasteiger partial charge in [-0.05, 0) is 36.4 Å². The highest BCUT2D eigenvalue weighted by atomic mass is 15.1. The Labute approximate surface area is 111 Å². The number of nitrogens with two attached hydrogens (primary N) is 1. The Kier molecular flexibility index (Phi) is 2.63. The average Bonchev–Trinajstić information content (AvgIpc) is 2.45. The average molecular weight is 250 g/mol. The SMILES string of the molecule is Cc1c(N)nnc(-c2cccc3cnccc23)c1C. The standard InChI is InChI=1S/C15H14N4/c1-9-10(2)15(16)19-18-14(9)13-5-3-4-11-8-17-7-6-12(11)13/h3-8H,1-2H3,(H2,16,19). The summed E-state index contributed by atoms with van der Waals surface area (Å²) < 4.78 is 0. The molecule has 19 heavy (non-hydrogen) atoms. The normalized spacial score (nSPS) is 10.8. The fourth-order valence-electron chi connectivity index (χ4n) is 2.21. The van der Waals surface area contributed by atoms with Crippen molar-refractivity contribution >= 4 is 16.6 Å². The summed E-state index contributed by atoms with van der Waals surface area (Å²) in [6, 6.07) is 8.09. The van der Waals surface area contributed by atoms with Crippen LogP contribution < -0.4 is 5.73 Å². The van der Waals surface area contributed by atoms with E-state index in [2.05, 4.69) is 21.2 Å². The first-order valence-electron chi connectivity index (χ1n) is 6.11. The fraction of sp³-hybridized carbons (Fsp3) is 0.133. The molecule has 94 valence electrons. The van der Waals surface area contributed by atoms with Crippen molar-refractivity contribution in [3.63, 3.8) is 0 Å². The monoisotopic (exact) mass is 250 g/mol. The Morgan fingerprint density at radius 3 is 2.68 bits per heavy atom. The van der Waals surface area contributed by atoms with Crippen molar-refractivity contribution in [2.75, 3.05) is 5.73 Å². The van der Waals surface area contributed by atoms with E-state index in [1.165, 1.54) is 0 Å². The molecule has 4 heteroatoms. The van der Waals surface area contributed by atoms with Gasteiger partial charge in [0.1, 0.15) is 5.82 Å². The fourth-order valence-corrected chi connectivity index (χ4v) is 2.21. The van der Waals surface area contributed by atoms with Gasteiger partial charge < -0.3 is 5.73 Å². The zero-order valence-corrected chi connectivity index (χ0v) is 10.9. The molecule has 0 aliphatic heterocycles. The highest BCUT2D eigenvalue weighted by Gasteiger charge is 2.11. The van der Waals surface area contributed by atoms with Crippen LogP contribution in [0.25, 0.3) is 22.0 Å². The van der Waals surface area contributed by atoms with E-state index in [4.69, 9.17) is 5.73 Å². The van der Waals surface area contributed by atoms with E-state index in [1.807, 2.05) is 38.2 Å². The molecule has 2 aromatic heterocycles. The molecule has 0 bridgehead atoms. The van der Waals surface area contributed by atoms with Crippen LogP contribution in [-0.4, -0.2) is 15.2 Å². The van der Waals surface area contributed by atoms with Gasteiger partial charge in [-0.2, -0.15) is 0 Å². The Morgan fingerprint density at radius 1 is 1.00 bits per heavy atom. The molecule has 0 radical (unpaired) electrons. The molecular formula is C15H14N4. The molecule has 2 N–H and O–H groups in total. The summed E-state index contributed by atoms with van der Waals surface area (Å²) in [5, 5.41) is 10.5. The van der Waals surface area contributed by atoms with Gasteiger partial charge in [0.05, 0.1) is 5.69 Å². The lowest BCUT2D eigenvalue weighted by Gasteiger charge is -2.10. The molecule has 4 nitrogen and oxygen atoms in total. The summed E-state index contributed by atoms with van der Waals surface area (Å²) >= 11 is 0. The summed E-state index contributed by atoms with van der Waals surface area (Å²) in [6.07, 6.45) is 3.64. The van der Waals surface area contributed by atoms with Gasteiger partial charge in [0.25, 0.3) is 0 Å². The third-order valence-electron chi connectivity index (χ3n) is 3.50.